The van der Waals surface area contributed by atoms with Crippen molar-refractivity contribution in [3.05, 3.63) is 34.6 Å². The fraction of sp³-hybridized carbons (Fsp3) is 0.571. The van der Waals surface area contributed by atoms with Crippen LogP contribution in [0.25, 0.3) is 5.65 Å². The number of aliphatic hydroxyl groups excluding tert-OH is 2. The molecule has 0 radical (unpaired) electrons. The van der Waals surface area contributed by atoms with E-state index in [0.29, 0.717) is 25.1 Å². The van der Waals surface area contributed by atoms with Gasteiger partial charge in [0, 0.05) is 49.8 Å². The van der Waals surface area contributed by atoms with Gasteiger partial charge in [0.1, 0.15) is 5.65 Å². The van der Waals surface area contributed by atoms with Crippen molar-refractivity contribution in [2.24, 2.45) is 5.92 Å². The summed E-state index contributed by atoms with van der Waals surface area (Å²) in [7, 11) is 1.59. The van der Waals surface area contributed by atoms with Crippen LogP contribution in [0.4, 0.5) is 0 Å². The van der Waals surface area contributed by atoms with Crippen molar-refractivity contribution >= 4 is 5.65 Å². The lowest BCUT2D eigenvalue weighted by molar-refractivity contribution is 0.0906. The minimum absolute atomic E-state index is 0.0648. The Hall–Kier alpha value is -1.70. The summed E-state index contributed by atoms with van der Waals surface area (Å²) in [5.41, 5.74) is 1.23. The van der Waals surface area contributed by atoms with Gasteiger partial charge >= 0.3 is 5.69 Å². The van der Waals surface area contributed by atoms with Crippen molar-refractivity contribution in [2.75, 3.05) is 13.7 Å². The highest BCUT2D eigenvalue weighted by atomic mass is 16.5. The van der Waals surface area contributed by atoms with E-state index in [1.54, 1.807) is 30.3 Å². The Kier molecular flexibility index (Phi) is 3.79. The van der Waals surface area contributed by atoms with E-state index in [-0.39, 0.29) is 24.3 Å². The molecule has 3 rings (SSSR count). The van der Waals surface area contributed by atoms with E-state index < -0.39 is 6.10 Å². The number of ether oxygens (including phenoxy) is 1. The predicted octanol–water partition coefficient (Wildman–Crippen LogP) is -0.0533. The van der Waals surface area contributed by atoms with Gasteiger partial charge in [0.05, 0.1) is 12.7 Å². The molecule has 1 aliphatic rings. The molecule has 0 saturated heterocycles. The van der Waals surface area contributed by atoms with Gasteiger partial charge in [-0.1, -0.05) is 0 Å². The minimum atomic E-state index is -0.573. The van der Waals surface area contributed by atoms with E-state index in [9.17, 15) is 15.0 Å². The molecule has 0 aliphatic heterocycles. The summed E-state index contributed by atoms with van der Waals surface area (Å²) in [5.74, 6) is -0.175. The second kappa shape index (κ2) is 5.59. The third kappa shape index (κ3) is 2.37. The zero-order valence-corrected chi connectivity index (χ0v) is 11.8. The Labute approximate surface area is 121 Å². The van der Waals surface area contributed by atoms with Gasteiger partial charge in [-0.15, -0.1) is 0 Å². The monoisotopic (exact) mass is 293 g/mol. The van der Waals surface area contributed by atoms with E-state index in [1.807, 2.05) is 0 Å². The van der Waals surface area contributed by atoms with Gasteiger partial charge in [0.25, 0.3) is 0 Å². The topological polar surface area (TPSA) is 89.0 Å². The summed E-state index contributed by atoms with van der Waals surface area (Å²) in [6, 6.07) is -0.118. The Balaban J connectivity index is 2.06. The quantitative estimate of drug-likeness (QED) is 0.825. The minimum Gasteiger partial charge on any atom is -0.396 e. The first kappa shape index (κ1) is 14.2. The van der Waals surface area contributed by atoms with E-state index in [2.05, 4.69) is 4.98 Å². The lowest BCUT2D eigenvalue weighted by atomic mass is 10.1. The molecule has 2 aromatic rings. The number of hydrogen-bond donors (Lipinski definition) is 2. The molecule has 0 unspecified atom stereocenters. The number of nitrogens with zero attached hydrogens (tertiary/aromatic N) is 3. The van der Waals surface area contributed by atoms with Gasteiger partial charge in [-0.3, -0.25) is 8.97 Å². The Morgan fingerprint density at radius 1 is 1.48 bits per heavy atom. The Bertz CT molecular complexity index is 693. The number of aromatic nitrogens is 3. The summed E-state index contributed by atoms with van der Waals surface area (Å²) in [6.07, 6.45) is 5.45. The van der Waals surface area contributed by atoms with Crippen LogP contribution >= 0.6 is 0 Å². The van der Waals surface area contributed by atoms with Crippen LogP contribution in [0.5, 0.6) is 0 Å². The first-order chi connectivity index (χ1) is 10.2. The second-order valence-electron chi connectivity index (χ2n) is 5.53. The molecular weight excluding hydrogens is 274 g/mol. The molecule has 0 bridgehead atoms. The summed E-state index contributed by atoms with van der Waals surface area (Å²) in [4.78, 5) is 16.7. The molecule has 3 atom stereocenters. The Morgan fingerprint density at radius 2 is 2.29 bits per heavy atom. The smallest absolute Gasteiger partial charge is 0.334 e. The van der Waals surface area contributed by atoms with Crippen LogP contribution in [-0.2, 0) is 11.3 Å². The number of imidazole rings is 1. The highest BCUT2D eigenvalue weighted by Crippen LogP contribution is 2.34. The van der Waals surface area contributed by atoms with Crippen molar-refractivity contribution in [1.29, 1.82) is 0 Å². The zero-order chi connectivity index (χ0) is 15.0. The molecule has 0 amide bonds. The molecule has 114 valence electrons. The van der Waals surface area contributed by atoms with Crippen LogP contribution < -0.4 is 5.69 Å². The fourth-order valence-corrected chi connectivity index (χ4v) is 3.12. The molecule has 1 fully saturated rings. The van der Waals surface area contributed by atoms with Gasteiger partial charge in [-0.2, -0.15) is 0 Å². The molecule has 7 heteroatoms. The highest BCUT2D eigenvalue weighted by molar-refractivity contribution is 5.45. The van der Waals surface area contributed by atoms with Crippen LogP contribution in [0.1, 0.15) is 24.4 Å². The number of methoxy groups -OCH3 is 1. The van der Waals surface area contributed by atoms with Crippen molar-refractivity contribution in [3.8, 4) is 0 Å². The molecule has 0 aromatic carbocycles. The molecule has 2 N–H and O–H groups in total. The van der Waals surface area contributed by atoms with Crippen LogP contribution in [0.2, 0.25) is 0 Å². The number of hydrogen-bond acceptors (Lipinski definition) is 5. The third-order valence-corrected chi connectivity index (χ3v) is 4.21. The summed E-state index contributed by atoms with van der Waals surface area (Å²) in [6.45, 7) is 0.296. The maximum absolute atomic E-state index is 12.5. The molecular formula is C14H19N3O4. The predicted molar refractivity (Wildman–Crippen MR) is 75.0 cm³/mol. The third-order valence-electron chi connectivity index (χ3n) is 4.21. The highest BCUT2D eigenvalue weighted by Gasteiger charge is 2.34. The van der Waals surface area contributed by atoms with Crippen LogP contribution in [-0.4, -0.2) is 44.0 Å². The molecule has 1 aliphatic carbocycles. The van der Waals surface area contributed by atoms with E-state index >= 15 is 0 Å². The van der Waals surface area contributed by atoms with Gasteiger partial charge < -0.3 is 14.9 Å². The van der Waals surface area contributed by atoms with Crippen molar-refractivity contribution < 1.29 is 14.9 Å². The SMILES string of the molecule is COCc1cn([C@@H]2C[C@H](CO)[C@@H](O)C2)c(=O)n2ccnc12. The summed E-state index contributed by atoms with van der Waals surface area (Å²) >= 11 is 0. The van der Waals surface area contributed by atoms with Gasteiger partial charge in [-0.25, -0.2) is 9.78 Å². The van der Waals surface area contributed by atoms with Gasteiger partial charge in [-0.05, 0) is 12.8 Å². The van der Waals surface area contributed by atoms with Crippen LogP contribution in [0.3, 0.4) is 0 Å². The summed E-state index contributed by atoms with van der Waals surface area (Å²) in [5, 5.41) is 19.2. The first-order valence-electron chi connectivity index (χ1n) is 7.00. The average Bonchev–Trinajstić information content (AvgIpc) is 3.09. The largest absolute Gasteiger partial charge is 0.396 e. The molecule has 0 spiro atoms. The Morgan fingerprint density at radius 3 is 2.95 bits per heavy atom. The fourth-order valence-electron chi connectivity index (χ4n) is 3.12. The molecule has 2 heterocycles. The van der Waals surface area contributed by atoms with E-state index in [4.69, 9.17) is 4.74 Å². The van der Waals surface area contributed by atoms with Crippen molar-refractivity contribution in [3.63, 3.8) is 0 Å². The molecule has 1 saturated carbocycles. The van der Waals surface area contributed by atoms with Crippen LogP contribution in [0, 0.1) is 5.92 Å². The normalized spacial score (nSPS) is 25.8. The van der Waals surface area contributed by atoms with Crippen LogP contribution in [0.15, 0.2) is 23.4 Å². The molecule has 21 heavy (non-hydrogen) atoms. The lowest BCUT2D eigenvalue weighted by Crippen LogP contribution is -2.29. The standard InChI is InChI=1S/C14H19N3O4/c1-21-8-10-6-17(11-4-9(7-18)12(19)5-11)14(20)16-3-2-15-13(10)16/h2-3,6,9,11-12,18-19H,4-5,7-8H2,1H3/t9-,11-,12+/m1/s1. The maximum Gasteiger partial charge on any atom is 0.334 e. The van der Waals surface area contributed by atoms with Crippen molar-refractivity contribution in [2.45, 2.75) is 31.6 Å². The molecule has 2 aromatic heterocycles. The first-order valence-corrected chi connectivity index (χ1v) is 7.00. The number of rotatable bonds is 4. The van der Waals surface area contributed by atoms with E-state index in [0.717, 1.165) is 5.56 Å². The van der Waals surface area contributed by atoms with Gasteiger partial charge in [0.15, 0.2) is 0 Å². The molecule has 7 nitrogen and oxygen atoms in total. The lowest BCUT2D eigenvalue weighted by Gasteiger charge is -2.16. The van der Waals surface area contributed by atoms with Gasteiger partial charge in [0.2, 0.25) is 0 Å². The maximum atomic E-state index is 12.5. The summed E-state index contributed by atoms with van der Waals surface area (Å²) < 4.78 is 8.29. The van der Waals surface area contributed by atoms with Crippen molar-refractivity contribution in [1.82, 2.24) is 14.0 Å². The van der Waals surface area contributed by atoms with E-state index in [1.165, 1.54) is 4.40 Å². The number of fused-ring (bicyclic) bond motifs is 1. The number of aliphatic hydroxyl groups is 2. The zero-order valence-electron chi connectivity index (χ0n) is 11.8. The second-order valence-corrected chi connectivity index (χ2v) is 5.53. The average molecular weight is 293 g/mol.